The Hall–Kier alpha value is -3.22. The Morgan fingerprint density at radius 3 is 2.19 bits per heavy atom. The van der Waals surface area contributed by atoms with Crippen LogP contribution >= 0.6 is 0 Å². The Bertz CT molecular complexity index is 922. The number of benzene rings is 2. The molecule has 27 heavy (non-hydrogen) atoms. The van der Waals surface area contributed by atoms with E-state index in [2.05, 4.69) is 9.89 Å². The molecule has 0 saturated carbocycles. The molecule has 0 radical (unpaired) electrons. The molecule has 0 unspecified atom stereocenters. The zero-order valence-electron chi connectivity index (χ0n) is 15.8. The Balaban J connectivity index is 2.31. The van der Waals surface area contributed by atoms with Gasteiger partial charge in [-0.2, -0.15) is 0 Å². The first-order valence-corrected chi connectivity index (χ1v) is 8.18. The molecule has 0 aliphatic carbocycles. The first-order chi connectivity index (χ1) is 12.7. The van der Waals surface area contributed by atoms with Crippen molar-refractivity contribution in [3.63, 3.8) is 0 Å². The number of carbonyl (C=O) groups is 2. The molecule has 2 aromatic carbocycles. The lowest BCUT2D eigenvalue weighted by atomic mass is 9.94. The van der Waals surface area contributed by atoms with Gasteiger partial charge in [0.15, 0.2) is 5.84 Å². The van der Waals surface area contributed by atoms with E-state index in [1.165, 1.54) is 13.2 Å². The fourth-order valence-electron chi connectivity index (χ4n) is 2.62. The van der Waals surface area contributed by atoms with Gasteiger partial charge in [-0.15, -0.1) is 0 Å². The van der Waals surface area contributed by atoms with E-state index in [9.17, 15) is 14.0 Å². The lowest BCUT2D eigenvalue weighted by Gasteiger charge is -2.14. The van der Waals surface area contributed by atoms with Gasteiger partial charge in [-0.25, -0.2) is 14.0 Å². The lowest BCUT2D eigenvalue weighted by molar-refractivity contribution is 0.0508. The van der Waals surface area contributed by atoms with Crippen molar-refractivity contribution in [3.8, 4) is 0 Å². The molecule has 2 aromatic rings. The number of methoxy groups -OCH3 is 1. The van der Waals surface area contributed by atoms with E-state index in [1.807, 2.05) is 6.92 Å². The number of oxime groups is 1. The number of nitrogens with two attached hydrogens (primary N) is 1. The van der Waals surface area contributed by atoms with Gasteiger partial charge in [-0.1, -0.05) is 17.3 Å². The zero-order chi connectivity index (χ0) is 20.3. The fraction of sp³-hybridized carbons (Fsp3) is 0.250. The van der Waals surface area contributed by atoms with E-state index in [4.69, 9.17) is 10.6 Å². The Labute approximate surface area is 156 Å². The quantitative estimate of drug-likeness (QED) is 0.292. The van der Waals surface area contributed by atoms with Crippen LogP contribution in [0.25, 0.3) is 0 Å². The maximum atomic E-state index is 14.5. The fourth-order valence-corrected chi connectivity index (χ4v) is 2.62. The van der Waals surface area contributed by atoms with E-state index in [0.717, 1.165) is 11.1 Å². The van der Waals surface area contributed by atoms with E-state index >= 15 is 0 Å². The first-order valence-electron chi connectivity index (χ1n) is 8.18. The highest BCUT2D eigenvalue weighted by molar-refractivity contribution is 6.00. The van der Waals surface area contributed by atoms with E-state index in [-0.39, 0.29) is 17.0 Å². The third-order valence-corrected chi connectivity index (χ3v) is 4.62. The predicted octanol–water partition coefficient (Wildman–Crippen LogP) is 3.32. The molecular weight excluding hydrogens is 351 g/mol. The van der Waals surface area contributed by atoms with Crippen molar-refractivity contribution in [1.82, 2.24) is 0 Å². The van der Waals surface area contributed by atoms with Crippen molar-refractivity contribution in [2.24, 2.45) is 10.9 Å². The average Bonchev–Trinajstić information content (AvgIpc) is 2.68. The second-order valence-electron chi connectivity index (χ2n) is 6.12. The largest absolute Gasteiger partial charge is 0.465 e. The summed E-state index contributed by atoms with van der Waals surface area (Å²) in [6, 6.07) is 6.17. The van der Waals surface area contributed by atoms with Gasteiger partial charge in [0.05, 0.1) is 12.7 Å². The highest BCUT2D eigenvalue weighted by Gasteiger charge is 2.22. The van der Waals surface area contributed by atoms with Gasteiger partial charge in [-0.05, 0) is 62.1 Å². The van der Waals surface area contributed by atoms with Crippen molar-refractivity contribution >= 4 is 17.8 Å². The van der Waals surface area contributed by atoms with Gasteiger partial charge >= 0.3 is 11.9 Å². The average molecular weight is 372 g/mol. The van der Waals surface area contributed by atoms with Gasteiger partial charge in [0.1, 0.15) is 11.4 Å². The number of esters is 1. The molecule has 0 aromatic heterocycles. The molecule has 0 bridgehead atoms. The van der Waals surface area contributed by atoms with Crippen molar-refractivity contribution in [3.05, 3.63) is 69.0 Å². The van der Waals surface area contributed by atoms with Gasteiger partial charge < -0.3 is 15.3 Å². The molecule has 0 heterocycles. The minimum atomic E-state index is -0.941. The highest BCUT2D eigenvalue weighted by Crippen LogP contribution is 2.26. The molecule has 0 spiro atoms. The smallest absolute Gasteiger partial charge is 0.369 e. The van der Waals surface area contributed by atoms with Gasteiger partial charge in [0.2, 0.25) is 0 Å². The number of carbonyl (C=O) groups excluding carboxylic acids is 2. The topological polar surface area (TPSA) is 91.0 Å². The molecule has 2 rings (SSSR count). The normalized spacial score (nSPS) is 11.3. The Morgan fingerprint density at radius 1 is 0.963 bits per heavy atom. The van der Waals surface area contributed by atoms with Crippen molar-refractivity contribution in [2.45, 2.75) is 27.7 Å². The summed E-state index contributed by atoms with van der Waals surface area (Å²) < 4.78 is 19.2. The summed E-state index contributed by atoms with van der Waals surface area (Å²) in [4.78, 5) is 28.8. The minimum absolute atomic E-state index is 0.132. The number of amidine groups is 1. The Morgan fingerprint density at radius 2 is 1.56 bits per heavy atom. The van der Waals surface area contributed by atoms with Crippen molar-refractivity contribution in [2.75, 3.05) is 7.11 Å². The van der Waals surface area contributed by atoms with Crippen LogP contribution in [0.4, 0.5) is 4.39 Å². The summed E-state index contributed by atoms with van der Waals surface area (Å²) >= 11 is 0. The molecule has 0 saturated heterocycles. The molecule has 142 valence electrons. The van der Waals surface area contributed by atoms with Gasteiger partial charge in [0, 0.05) is 5.56 Å². The number of nitrogens with zero attached hydrogens (tertiary/aromatic N) is 1. The Kier molecular flexibility index (Phi) is 5.95. The van der Waals surface area contributed by atoms with Crippen LogP contribution in [0.15, 0.2) is 29.4 Å². The molecule has 0 atom stereocenters. The molecular formula is C20H21FN2O4. The van der Waals surface area contributed by atoms with Gasteiger partial charge in [0.25, 0.3) is 0 Å². The first kappa shape index (κ1) is 20.1. The van der Waals surface area contributed by atoms with Crippen LogP contribution in [0.5, 0.6) is 0 Å². The molecule has 0 fully saturated rings. The maximum absolute atomic E-state index is 14.5. The van der Waals surface area contributed by atoms with E-state index in [0.29, 0.717) is 16.7 Å². The number of halogens is 1. The number of hydrogen-bond donors (Lipinski definition) is 1. The number of hydrogen-bond acceptors (Lipinski definition) is 5. The van der Waals surface area contributed by atoms with Crippen LogP contribution in [0.1, 0.15) is 48.5 Å². The SMILES string of the molecule is COC(=O)c1cccc(/C(N)=N/OC(=O)c2c(C)c(C)c(C)c(C)c2F)c1. The molecule has 6 nitrogen and oxygen atoms in total. The molecule has 0 amide bonds. The monoisotopic (exact) mass is 372 g/mol. The number of ether oxygens (including phenoxy) is 1. The van der Waals surface area contributed by atoms with Gasteiger partial charge in [-0.3, -0.25) is 0 Å². The summed E-state index contributed by atoms with van der Waals surface area (Å²) in [6.45, 7) is 6.85. The summed E-state index contributed by atoms with van der Waals surface area (Å²) in [7, 11) is 1.26. The van der Waals surface area contributed by atoms with Crippen LogP contribution in [0, 0.1) is 33.5 Å². The van der Waals surface area contributed by atoms with Crippen molar-refractivity contribution in [1.29, 1.82) is 0 Å². The van der Waals surface area contributed by atoms with Crippen LogP contribution < -0.4 is 5.73 Å². The summed E-state index contributed by atoms with van der Waals surface area (Å²) in [5.74, 6) is -2.25. The molecule has 2 N–H and O–H groups in total. The van der Waals surface area contributed by atoms with Crippen LogP contribution in [-0.4, -0.2) is 24.9 Å². The molecule has 7 heteroatoms. The van der Waals surface area contributed by atoms with Crippen LogP contribution in [0.3, 0.4) is 0 Å². The predicted molar refractivity (Wildman–Crippen MR) is 99.3 cm³/mol. The third-order valence-electron chi connectivity index (χ3n) is 4.62. The standard InChI is InChI=1S/C20H21FN2O4/c1-10-11(2)13(4)17(21)16(12(10)3)20(25)27-23-18(22)14-7-6-8-15(9-14)19(24)26-5/h6-9H,1-5H3,(H2,22,23). The summed E-state index contributed by atoms with van der Waals surface area (Å²) in [5, 5.41) is 3.59. The summed E-state index contributed by atoms with van der Waals surface area (Å²) in [6.07, 6.45) is 0. The molecule has 0 aliphatic heterocycles. The zero-order valence-corrected chi connectivity index (χ0v) is 15.8. The highest BCUT2D eigenvalue weighted by atomic mass is 19.1. The van der Waals surface area contributed by atoms with Crippen LogP contribution in [0.2, 0.25) is 0 Å². The maximum Gasteiger partial charge on any atom is 0.369 e. The lowest BCUT2D eigenvalue weighted by Crippen LogP contribution is -2.17. The van der Waals surface area contributed by atoms with E-state index in [1.54, 1.807) is 39.0 Å². The van der Waals surface area contributed by atoms with Crippen LogP contribution in [-0.2, 0) is 9.57 Å². The third kappa shape index (κ3) is 3.97. The van der Waals surface area contributed by atoms with Crippen molar-refractivity contribution < 1.29 is 23.6 Å². The summed E-state index contributed by atoms with van der Waals surface area (Å²) in [5.41, 5.74) is 8.74. The molecule has 0 aliphatic rings. The second-order valence-corrected chi connectivity index (χ2v) is 6.12. The van der Waals surface area contributed by atoms with E-state index < -0.39 is 17.8 Å². The minimum Gasteiger partial charge on any atom is -0.465 e. The number of rotatable bonds is 4. The second kappa shape index (κ2) is 7.99.